The van der Waals surface area contributed by atoms with E-state index in [1.807, 2.05) is 37.3 Å². The molecule has 1 amide bonds. The molecule has 192 valence electrons. The third-order valence-corrected chi connectivity index (χ3v) is 9.33. The van der Waals surface area contributed by atoms with E-state index in [1.165, 1.54) is 39.9 Å². The van der Waals surface area contributed by atoms with E-state index in [2.05, 4.69) is 4.98 Å². The van der Waals surface area contributed by atoms with Gasteiger partial charge in [-0.15, -0.1) is 0 Å². The second-order valence-corrected chi connectivity index (χ2v) is 11.9. The van der Waals surface area contributed by atoms with Crippen LogP contribution in [0.25, 0.3) is 10.2 Å². The second kappa shape index (κ2) is 10.7. The molecule has 11 heteroatoms. The normalized spacial score (nSPS) is 16.2. The van der Waals surface area contributed by atoms with Gasteiger partial charge in [0.2, 0.25) is 15.9 Å². The molecule has 8 nitrogen and oxygen atoms in total. The molecule has 0 radical (unpaired) electrons. The van der Waals surface area contributed by atoms with E-state index in [1.54, 1.807) is 17.2 Å². The van der Waals surface area contributed by atoms with Gasteiger partial charge in [0.15, 0.2) is 5.13 Å². The number of hydrogen-bond donors (Lipinski definition) is 0. The minimum atomic E-state index is -3.90. The quantitative estimate of drug-likeness (QED) is 0.299. The summed E-state index contributed by atoms with van der Waals surface area (Å²) in [7, 11) is -3.90. The largest absolute Gasteiger partial charge is 0.494 e. The average Bonchev–Trinajstić information content (AvgIpc) is 3.56. The minimum absolute atomic E-state index is 0.108. The van der Waals surface area contributed by atoms with Crippen molar-refractivity contribution in [3.63, 3.8) is 0 Å². The summed E-state index contributed by atoms with van der Waals surface area (Å²) in [6.07, 6.45) is 2.67. The maximum absolute atomic E-state index is 14.1. The van der Waals surface area contributed by atoms with E-state index in [0.29, 0.717) is 35.3 Å². The number of carbonyl (C=O) groups excluding carboxylic acids is 1. The smallest absolute Gasteiger partial charge is 0.247 e. The molecule has 2 aromatic heterocycles. The summed E-state index contributed by atoms with van der Waals surface area (Å²) >= 11 is 7.32. The van der Waals surface area contributed by atoms with E-state index in [4.69, 9.17) is 21.3 Å². The molecule has 4 aromatic rings. The van der Waals surface area contributed by atoms with Crippen LogP contribution in [-0.4, -0.2) is 47.8 Å². The van der Waals surface area contributed by atoms with Crippen LogP contribution in [0.1, 0.15) is 25.5 Å². The first-order valence-electron chi connectivity index (χ1n) is 11.9. The maximum Gasteiger partial charge on any atom is 0.247 e. The highest BCUT2D eigenvalue weighted by molar-refractivity contribution is 7.89. The molecule has 2 aromatic carbocycles. The first-order valence-corrected chi connectivity index (χ1v) is 14.5. The first kappa shape index (κ1) is 25.6. The molecule has 1 unspecified atom stereocenters. The number of amides is 1. The van der Waals surface area contributed by atoms with Crippen LogP contribution in [0.15, 0.2) is 71.8 Å². The monoisotopic (exact) mass is 556 g/mol. The molecule has 0 aliphatic carbocycles. The van der Waals surface area contributed by atoms with Crippen LogP contribution in [0, 0.1) is 0 Å². The zero-order chi connectivity index (χ0) is 26.0. The SMILES string of the molecule is CCOc1ccc2nc(N(Cc3ccccn3)C(=O)C3CCCN3S(=O)(=O)c3ccc(Cl)cc3)sc2c1. The molecule has 1 atom stereocenters. The minimum Gasteiger partial charge on any atom is -0.494 e. The Balaban J connectivity index is 1.51. The Kier molecular flexibility index (Phi) is 7.43. The van der Waals surface area contributed by atoms with Crippen LogP contribution in [0.3, 0.4) is 0 Å². The molecule has 37 heavy (non-hydrogen) atoms. The van der Waals surface area contributed by atoms with Crippen molar-refractivity contribution in [3.05, 3.63) is 77.6 Å². The molecule has 5 rings (SSSR count). The van der Waals surface area contributed by atoms with Crippen molar-refractivity contribution in [2.24, 2.45) is 0 Å². The van der Waals surface area contributed by atoms with Crippen LogP contribution in [0.5, 0.6) is 5.75 Å². The van der Waals surface area contributed by atoms with E-state index in [0.717, 1.165) is 16.0 Å². The zero-order valence-corrected chi connectivity index (χ0v) is 22.5. The lowest BCUT2D eigenvalue weighted by atomic mass is 10.2. The van der Waals surface area contributed by atoms with Gasteiger partial charge in [-0.25, -0.2) is 13.4 Å². The molecule has 0 bridgehead atoms. The summed E-state index contributed by atoms with van der Waals surface area (Å²) in [6.45, 7) is 2.89. The zero-order valence-electron chi connectivity index (χ0n) is 20.1. The lowest BCUT2D eigenvalue weighted by Crippen LogP contribution is -2.47. The van der Waals surface area contributed by atoms with E-state index in [-0.39, 0.29) is 23.9 Å². The fourth-order valence-electron chi connectivity index (χ4n) is 4.35. The standard InChI is InChI=1S/C26H25ClN4O4S2/c1-2-35-20-10-13-22-24(16-20)36-26(29-22)30(17-19-6-3-4-14-28-19)25(32)23-7-5-15-31(23)37(33,34)21-11-8-18(27)9-12-21/h3-4,6,8-14,16,23H,2,5,7,15,17H2,1H3. The number of rotatable bonds is 8. The number of nitrogens with zero attached hydrogens (tertiary/aromatic N) is 4. The third-order valence-electron chi connectivity index (χ3n) is 6.11. The van der Waals surface area contributed by atoms with Crippen molar-refractivity contribution in [2.45, 2.75) is 37.2 Å². The van der Waals surface area contributed by atoms with Gasteiger partial charge in [0.05, 0.1) is 34.0 Å². The van der Waals surface area contributed by atoms with Gasteiger partial charge in [0.1, 0.15) is 11.8 Å². The molecular weight excluding hydrogens is 532 g/mol. The predicted molar refractivity (Wildman–Crippen MR) is 145 cm³/mol. The molecule has 0 N–H and O–H groups in total. The lowest BCUT2D eigenvalue weighted by molar-refractivity contribution is -0.121. The van der Waals surface area contributed by atoms with E-state index >= 15 is 0 Å². The van der Waals surface area contributed by atoms with Gasteiger partial charge in [-0.2, -0.15) is 4.31 Å². The number of fused-ring (bicyclic) bond motifs is 1. The molecule has 1 fully saturated rings. The number of halogens is 1. The van der Waals surface area contributed by atoms with Crippen molar-refractivity contribution in [2.75, 3.05) is 18.1 Å². The van der Waals surface area contributed by atoms with Gasteiger partial charge in [0.25, 0.3) is 0 Å². The third kappa shape index (κ3) is 5.33. The Hall–Kier alpha value is -3.05. The summed E-state index contributed by atoms with van der Waals surface area (Å²) in [5, 5.41) is 0.924. The fraction of sp³-hybridized carbons (Fsp3) is 0.269. The number of carbonyl (C=O) groups is 1. The summed E-state index contributed by atoms with van der Waals surface area (Å²) in [6, 6.07) is 16.2. The Morgan fingerprint density at radius 2 is 2.00 bits per heavy atom. The highest BCUT2D eigenvalue weighted by Crippen LogP contribution is 2.35. The van der Waals surface area contributed by atoms with Gasteiger partial charge in [-0.1, -0.05) is 29.0 Å². The second-order valence-electron chi connectivity index (χ2n) is 8.53. The molecule has 1 aliphatic rings. The highest BCUT2D eigenvalue weighted by atomic mass is 35.5. The number of thiazole rings is 1. The summed E-state index contributed by atoms with van der Waals surface area (Å²) in [4.78, 5) is 24.8. The summed E-state index contributed by atoms with van der Waals surface area (Å²) in [5.41, 5.74) is 1.41. The van der Waals surface area contributed by atoms with Crippen molar-refractivity contribution in [1.82, 2.24) is 14.3 Å². The van der Waals surface area contributed by atoms with Crippen molar-refractivity contribution in [1.29, 1.82) is 0 Å². The summed E-state index contributed by atoms with van der Waals surface area (Å²) in [5.74, 6) is 0.397. The van der Waals surface area contributed by atoms with Crippen LogP contribution >= 0.6 is 22.9 Å². The Morgan fingerprint density at radius 3 is 2.73 bits per heavy atom. The van der Waals surface area contributed by atoms with Crippen molar-refractivity contribution in [3.8, 4) is 5.75 Å². The number of aromatic nitrogens is 2. The van der Waals surface area contributed by atoms with Gasteiger partial charge < -0.3 is 4.74 Å². The topological polar surface area (TPSA) is 92.7 Å². The van der Waals surface area contributed by atoms with Gasteiger partial charge in [-0.05, 0) is 74.4 Å². The first-order chi connectivity index (χ1) is 17.9. The molecule has 0 spiro atoms. The van der Waals surface area contributed by atoms with Crippen molar-refractivity contribution >= 4 is 54.2 Å². The van der Waals surface area contributed by atoms with E-state index in [9.17, 15) is 13.2 Å². The number of sulfonamides is 1. The highest BCUT2D eigenvalue weighted by Gasteiger charge is 2.42. The fourth-order valence-corrected chi connectivity index (χ4v) is 7.13. The van der Waals surface area contributed by atoms with Gasteiger partial charge in [0, 0.05) is 17.8 Å². The predicted octanol–water partition coefficient (Wildman–Crippen LogP) is 5.13. The van der Waals surface area contributed by atoms with E-state index < -0.39 is 16.1 Å². The molecular formula is C26H25ClN4O4S2. The molecule has 1 aliphatic heterocycles. The molecule has 1 saturated heterocycles. The number of ether oxygens (including phenoxy) is 1. The number of pyridine rings is 1. The van der Waals surface area contributed by atoms with Crippen LogP contribution < -0.4 is 9.64 Å². The average molecular weight is 557 g/mol. The lowest BCUT2D eigenvalue weighted by Gasteiger charge is -2.28. The number of anilines is 1. The number of benzene rings is 2. The molecule has 3 heterocycles. The van der Waals surface area contributed by atoms with Crippen LogP contribution in [0.4, 0.5) is 5.13 Å². The van der Waals surface area contributed by atoms with Gasteiger partial charge >= 0.3 is 0 Å². The van der Waals surface area contributed by atoms with Crippen LogP contribution in [-0.2, 0) is 21.4 Å². The Morgan fingerprint density at radius 1 is 1.19 bits per heavy atom. The van der Waals surface area contributed by atoms with Crippen LogP contribution in [0.2, 0.25) is 5.02 Å². The maximum atomic E-state index is 14.1. The van der Waals surface area contributed by atoms with Crippen molar-refractivity contribution < 1.29 is 17.9 Å². The summed E-state index contributed by atoms with van der Waals surface area (Å²) < 4.78 is 34.8. The van der Waals surface area contributed by atoms with Gasteiger partial charge in [-0.3, -0.25) is 14.7 Å². The molecule has 0 saturated carbocycles. The Labute approximate surface area is 224 Å². The Bertz CT molecular complexity index is 1510. The number of hydrogen-bond acceptors (Lipinski definition) is 7.